The highest BCUT2D eigenvalue weighted by Crippen LogP contribution is 2.25. The summed E-state index contributed by atoms with van der Waals surface area (Å²) in [6, 6.07) is 6.02. The van der Waals surface area contributed by atoms with E-state index < -0.39 is 0 Å². The average molecular weight is 273 g/mol. The molecule has 1 aromatic heterocycles. The van der Waals surface area contributed by atoms with E-state index in [0.717, 1.165) is 29.0 Å². The number of hydrogen-bond acceptors (Lipinski definition) is 3. The lowest BCUT2D eigenvalue weighted by atomic mass is 9.95. The van der Waals surface area contributed by atoms with E-state index in [1.807, 2.05) is 30.8 Å². The lowest BCUT2D eigenvalue weighted by molar-refractivity contribution is 0.414. The van der Waals surface area contributed by atoms with E-state index in [1.165, 1.54) is 11.3 Å². The van der Waals surface area contributed by atoms with Crippen LogP contribution in [-0.4, -0.2) is 16.9 Å². The van der Waals surface area contributed by atoms with Crippen LogP contribution in [0.4, 0.5) is 0 Å². The van der Waals surface area contributed by atoms with Gasteiger partial charge in [-0.15, -0.1) is 0 Å². The van der Waals surface area contributed by atoms with Crippen LogP contribution in [0.15, 0.2) is 18.2 Å². The van der Waals surface area contributed by atoms with Gasteiger partial charge in [-0.1, -0.05) is 6.07 Å². The molecule has 2 rings (SSSR count). The minimum atomic E-state index is -0.0255. The third-order valence-corrected chi connectivity index (χ3v) is 3.96. The van der Waals surface area contributed by atoms with Crippen molar-refractivity contribution in [2.45, 2.75) is 33.2 Å². The SMILES string of the molecule is COc1ccc(C(N)Cc2c(C)nn(C)c2C)c(C)c1. The molecule has 0 aliphatic rings. The first-order chi connectivity index (χ1) is 9.43. The van der Waals surface area contributed by atoms with E-state index in [0.29, 0.717) is 0 Å². The number of aryl methyl sites for hydroxylation is 3. The first-order valence-corrected chi connectivity index (χ1v) is 6.83. The molecular weight excluding hydrogens is 250 g/mol. The summed E-state index contributed by atoms with van der Waals surface area (Å²) < 4.78 is 7.15. The second-order valence-electron chi connectivity index (χ2n) is 5.31. The average Bonchev–Trinajstić information content (AvgIpc) is 2.65. The van der Waals surface area contributed by atoms with Crippen molar-refractivity contribution >= 4 is 0 Å². The van der Waals surface area contributed by atoms with Gasteiger partial charge < -0.3 is 10.5 Å². The topological polar surface area (TPSA) is 53.1 Å². The van der Waals surface area contributed by atoms with Gasteiger partial charge in [0.2, 0.25) is 0 Å². The van der Waals surface area contributed by atoms with Gasteiger partial charge >= 0.3 is 0 Å². The van der Waals surface area contributed by atoms with Crippen LogP contribution >= 0.6 is 0 Å². The van der Waals surface area contributed by atoms with Gasteiger partial charge in [-0.3, -0.25) is 4.68 Å². The minimum absolute atomic E-state index is 0.0255. The van der Waals surface area contributed by atoms with Gasteiger partial charge in [0, 0.05) is 18.8 Å². The fraction of sp³-hybridized carbons (Fsp3) is 0.438. The summed E-state index contributed by atoms with van der Waals surface area (Å²) >= 11 is 0. The van der Waals surface area contributed by atoms with Crippen LogP contribution in [-0.2, 0) is 13.5 Å². The summed E-state index contributed by atoms with van der Waals surface area (Å²) in [6.45, 7) is 6.19. The van der Waals surface area contributed by atoms with Crippen molar-refractivity contribution in [3.63, 3.8) is 0 Å². The van der Waals surface area contributed by atoms with Crippen molar-refractivity contribution in [3.05, 3.63) is 46.3 Å². The van der Waals surface area contributed by atoms with Crippen LogP contribution in [0, 0.1) is 20.8 Å². The third kappa shape index (κ3) is 2.70. The number of rotatable bonds is 4. The highest BCUT2D eigenvalue weighted by molar-refractivity contribution is 5.38. The number of hydrogen-bond donors (Lipinski definition) is 1. The summed E-state index contributed by atoms with van der Waals surface area (Å²) in [4.78, 5) is 0. The monoisotopic (exact) mass is 273 g/mol. The number of nitrogens with zero attached hydrogens (tertiary/aromatic N) is 2. The van der Waals surface area contributed by atoms with Crippen molar-refractivity contribution < 1.29 is 4.74 Å². The molecule has 0 saturated carbocycles. The van der Waals surface area contributed by atoms with Crippen LogP contribution in [0.1, 0.15) is 34.1 Å². The lowest BCUT2D eigenvalue weighted by Crippen LogP contribution is -2.15. The predicted octanol–water partition coefficient (Wildman–Crippen LogP) is 2.60. The fourth-order valence-electron chi connectivity index (χ4n) is 2.63. The molecule has 0 spiro atoms. The zero-order valence-corrected chi connectivity index (χ0v) is 12.9. The third-order valence-electron chi connectivity index (χ3n) is 3.96. The van der Waals surface area contributed by atoms with E-state index in [2.05, 4.69) is 25.0 Å². The number of ether oxygens (including phenoxy) is 1. The first kappa shape index (κ1) is 14.6. The molecule has 1 atom stereocenters. The molecule has 0 bridgehead atoms. The molecule has 4 nitrogen and oxygen atoms in total. The van der Waals surface area contributed by atoms with Crippen LogP contribution in [0.3, 0.4) is 0 Å². The Morgan fingerprint density at radius 1 is 1.30 bits per heavy atom. The summed E-state index contributed by atoms with van der Waals surface area (Å²) in [7, 11) is 3.65. The molecular formula is C16H23N3O. The van der Waals surface area contributed by atoms with Gasteiger partial charge in [-0.05, 0) is 56.0 Å². The summed E-state index contributed by atoms with van der Waals surface area (Å²) in [5, 5.41) is 4.45. The minimum Gasteiger partial charge on any atom is -0.497 e. The van der Waals surface area contributed by atoms with Gasteiger partial charge in [0.1, 0.15) is 5.75 Å². The van der Waals surface area contributed by atoms with Crippen molar-refractivity contribution in [2.75, 3.05) is 7.11 Å². The zero-order valence-electron chi connectivity index (χ0n) is 12.9. The molecule has 2 aromatic rings. The van der Waals surface area contributed by atoms with Crippen LogP contribution in [0.2, 0.25) is 0 Å². The Bertz CT molecular complexity index is 616. The van der Waals surface area contributed by atoms with E-state index in [4.69, 9.17) is 10.5 Å². The van der Waals surface area contributed by atoms with Crippen molar-refractivity contribution in [1.82, 2.24) is 9.78 Å². The van der Waals surface area contributed by atoms with E-state index in [-0.39, 0.29) is 6.04 Å². The molecule has 0 aliphatic heterocycles. The number of aromatic nitrogens is 2. The molecule has 4 heteroatoms. The van der Waals surface area contributed by atoms with Gasteiger partial charge in [0.25, 0.3) is 0 Å². The number of methoxy groups -OCH3 is 1. The predicted molar refractivity (Wildman–Crippen MR) is 81.0 cm³/mol. The smallest absolute Gasteiger partial charge is 0.119 e. The van der Waals surface area contributed by atoms with E-state index in [1.54, 1.807) is 7.11 Å². The van der Waals surface area contributed by atoms with Gasteiger partial charge in [-0.2, -0.15) is 5.10 Å². The fourth-order valence-corrected chi connectivity index (χ4v) is 2.63. The Hall–Kier alpha value is -1.81. The summed E-state index contributed by atoms with van der Waals surface area (Å²) in [6.07, 6.45) is 0.804. The van der Waals surface area contributed by atoms with Crippen LogP contribution in [0.25, 0.3) is 0 Å². The number of benzene rings is 1. The maximum Gasteiger partial charge on any atom is 0.119 e. The van der Waals surface area contributed by atoms with Crippen LogP contribution in [0.5, 0.6) is 5.75 Å². The molecule has 1 aromatic carbocycles. The molecule has 0 radical (unpaired) electrons. The Labute approximate surface area is 120 Å². The summed E-state index contributed by atoms with van der Waals surface area (Å²) in [5.41, 5.74) is 12.2. The Balaban J connectivity index is 2.26. The molecule has 0 saturated heterocycles. The quantitative estimate of drug-likeness (QED) is 0.931. The molecule has 0 amide bonds. The maximum atomic E-state index is 6.39. The Kier molecular flexibility index (Phi) is 4.14. The Morgan fingerprint density at radius 2 is 2.00 bits per heavy atom. The molecule has 1 heterocycles. The van der Waals surface area contributed by atoms with Gasteiger partial charge in [-0.25, -0.2) is 0 Å². The Morgan fingerprint density at radius 3 is 2.50 bits per heavy atom. The first-order valence-electron chi connectivity index (χ1n) is 6.83. The highest BCUT2D eigenvalue weighted by atomic mass is 16.5. The normalized spacial score (nSPS) is 12.5. The molecule has 20 heavy (non-hydrogen) atoms. The second-order valence-corrected chi connectivity index (χ2v) is 5.31. The second kappa shape index (κ2) is 5.67. The van der Waals surface area contributed by atoms with Crippen molar-refractivity contribution in [1.29, 1.82) is 0 Å². The maximum absolute atomic E-state index is 6.39. The standard InChI is InChI=1S/C16H23N3O/c1-10-8-13(20-5)6-7-14(10)16(17)9-15-11(2)18-19(4)12(15)3/h6-8,16H,9,17H2,1-5H3. The van der Waals surface area contributed by atoms with Gasteiger partial charge in [0.15, 0.2) is 0 Å². The summed E-state index contributed by atoms with van der Waals surface area (Å²) in [5.74, 6) is 0.868. The van der Waals surface area contributed by atoms with Crippen LogP contribution < -0.4 is 10.5 Å². The van der Waals surface area contributed by atoms with Crippen molar-refractivity contribution in [3.8, 4) is 5.75 Å². The largest absolute Gasteiger partial charge is 0.497 e. The van der Waals surface area contributed by atoms with E-state index in [9.17, 15) is 0 Å². The lowest BCUT2D eigenvalue weighted by Gasteiger charge is -2.16. The molecule has 0 aliphatic carbocycles. The molecule has 0 fully saturated rings. The van der Waals surface area contributed by atoms with E-state index >= 15 is 0 Å². The van der Waals surface area contributed by atoms with Crippen molar-refractivity contribution in [2.24, 2.45) is 12.8 Å². The molecule has 108 valence electrons. The molecule has 1 unspecified atom stereocenters. The number of nitrogens with two attached hydrogens (primary N) is 1. The zero-order chi connectivity index (χ0) is 14.9. The molecule has 2 N–H and O–H groups in total. The highest BCUT2D eigenvalue weighted by Gasteiger charge is 2.16. The van der Waals surface area contributed by atoms with Gasteiger partial charge in [0.05, 0.1) is 12.8 Å².